The summed E-state index contributed by atoms with van der Waals surface area (Å²) in [7, 11) is 1.52. The molecule has 1 aromatic carbocycles. The first-order chi connectivity index (χ1) is 6.56. The lowest BCUT2D eigenvalue weighted by Gasteiger charge is -2.18. The molecule has 1 aromatic rings. The van der Waals surface area contributed by atoms with E-state index in [0.29, 0.717) is 11.3 Å². The number of aromatic hydroxyl groups is 1. The number of methoxy groups -OCH3 is 1. The van der Waals surface area contributed by atoms with Crippen LogP contribution in [-0.2, 0) is 0 Å². The number of hydrogen-bond donors (Lipinski definition) is 3. The lowest BCUT2D eigenvalue weighted by molar-refractivity contribution is 0.162. The molecule has 14 heavy (non-hydrogen) atoms. The van der Waals surface area contributed by atoms with Gasteiger partial charge in [0.15, 0.2) is 0 Å². The molecule has 0 aliphatic rings. The molecule has 0 radical (unpaired) electrons. The summed E-state index contributed by atoms with van der Waals surface area (Å²) in [6, 6.07) is 4.07. The highest BCUT2D eigenvalue weighted by atomic mass is 16.5. The molecular formula is C10H15NO3. The minimum absolute atomic E-state index is 0.108. The summed E-state index contributed by atoms with van der Waals surface area (Å²) in [5.41, 5.74) is 6.34. The van der Waals surface area contributed by atoms with Gasteiger partial charge in [0.25, 0.3) is 0 Å². The lowest BCUT2D eigenvalue weighted by atomic mass is 10.0. The monoisotopic (exact) mass is 197 g/mol. The highest BCUT2D eigenvalue weighted by Gasteiger charge is 2.17. The van der Waals surface area contributed by atoms with Crippen LogP contribution in [0.3, 0.4) is 0 Å². The first-order valence-corrected chi connectivity index (χ1v) is 4.36. The van der Waals surface area contributed by atoms with E-state index in [2.05, 4.69) is 0 Å². The van der Waals surface area contributed by atoms with E-state index in [1.807, 2.05) is 0 Å². The number of nitrogens with two attached hydrogens (primary N) is 1. The molecule has 0 heterocycles. The molecule has 0 saturated heterocycles. The largest absolute Gasteiger partial charge is 0.508 e. The molecular weight excluding hydrogens is 182 g/mol. The van der Waals surface area contributed by atoms with E-state index in [1.165, 1.54) is 19.2 Å². The van der Waals surface area contributed by atoms with E-state index in [1.54, 1.807) is 13.0 Å². The van der Waals surface area contributed by atoms with Gasteiger partial charge >= 0.3 is 0 Å². The second-order valence-corrected chi connectivity index (χ2v) is 3.19. The van der Waals surface area contributed by atoms with E-state index >= 15 is 0 Å². The number of hydrogen-bond acceptors (Lipinski definition) is 4. The molecule has 0 saturated carbocycles. The van der Waals surface area contributed by atoms with Crippen molar-refractivity contribution >= 4 is 0 Å². The standard InChI is InChI=1S/C10H15NO3/c1-6(12)10(11)8-5-7(13)3-4-9(8)14-2/h3-6,10,12-13H,11H2,1-2H3. The van der Waals surface area contributed by atoms with E-state index < -0.39 is 12.1 Å². The topological polar surface area (TPSA) is 75.7 Å². The Kier molecular flexibility index (Phi) is 3.33. The predicted octanol–water partition coefficient (Wildman–Crippen LogP) is 0.781. The van der Waals surface area contributed by atoms with Crippen LogP contribution in [0.4, 0.5) is 0 Å². The maximum Gasteiger partial charge on any atom is 0.123 e. The van der Waals surface area contributed by atoms with Gasteiger partial charge in [-0.25, -0.2) is 0 Å². The lowest BCUT2D eigenvalue weighted by Crippen LogP contribution is -2.23. The summed E-state index contributed by atoms with van der Waals surface area (Å²) in [6.45, 7) is 1.59. The van der Waals surface area contributed by atoms with E-state index in [0.717, 1.165) is 0 Å². The maximum atomic E-state index is 9.32. The Hall–Kier alpha value is -1.26. The third-order valence-electron chi connectivity index (χ3n) is 2.09. The number of ether oxygens (including phenoxy) is 1. The molecule has 4 heteroatoms. The van der Waals surface area contributed by atoms with Crippen molar-refractivity contribution in [2.24, 2.45) is 5.73 Å². The predicted molar refractivity (Wildman–Crippen MR) is 53.3 cm³/mol. The van der Waals surface area contributed by atoms with Gasteiger partial charge in [0.05, 0.1) is 19.3 Å². The summed E-state index contributed by atoms with van der Waals surface area (Å²) in [6.07, 6.45) is -0.689. The first kappa shape index (κ1) is 10.8. The van der Waals surface area contributed by atoms with E-state index in [-0.39, 0.29) is 5.75 Å². The fourth-order valence-electron chi connectivity index (χ4n) is 1.24. The highest BCUT2D eigenvalue weighted by Crippen LogP contribution is 2.29. The molecule has 4 nitrogen and oxygen atoms in total. The molecule has 0 bridgehead atoms. The summed E-state index contributed by atoms with van der Waals surface area (Å²) in [4.78, 5) is 0. The van der Waals surface area contributed by atoms with Crippen molar-refractivity contribution in [3.8, 4) is 11.5 Å². The molecule has 0 aliphatic heterocycles. The van der Waals surface area contributed by atoms with Gasteiger partial charge in [0.1, 0.15) is 11.5 Å². The minimum atomic E-state index is -0.689. The summed E-state index contributed by atoms with van der Waals surface area (Å²) in [5, 5.41) is 18.6. The highest BCUT2D eigenvalue weighted by molar-refractivity contribution is 5.41. The van der Waals surface area contributed by atoms with Crippen LogP contribution in [0.2, 0.25) is 0 Å². The van der Waals surface area contributed by atoms with Crippen molar-refractivity contribution in [2.45, 2.75) is 19.1 Å². The Bertz CT molecular complexity index is 312. The molecule has 2 unspecified atom stereocenters. The van der Waals surface area contributed by atoms with Crippen LogP contribution in [0.25, 0.3) is 0 Å². The van der Waals surface area contributed by atoms with Gasteiger partial charge in [-0.05, 0) is 25.1 Å². The molecule has 2 atom stereocenters. The number of aliphatic hydroxyl groups is 1. The van der Waals surface area contributed by atoms with Crippen LogP contribution < -0.4 is 10.5 Å². The van der Waals surface area contributed by atoms with E-state index in [4.69, 9.17) is 10.5 Å². The first-order valence-electron chi connectivity index (χ1n) is 4.36. The minimum Gasteiger partial charge on any atom is -0.508 e. The zero-order valence-corrected chi connectivity index (χ0v) is 8.27. The van der Waals surface area contributed by atoms with Crippen molar-refractivity contribution < 1.29 is 14.9 Å². The molecule has 0 spiro atoms. The van der Waals surface area contributed by atoms with Crippen LogP contribution in [0, 0.1) is 0 Å². The summed E-state index contributed by atoms with van der Waals surface area (Å²) >= 11 is 0. The number of aliphatic hydroxyl groups excluding tert-OH is 1. The Morgan fingerprint density at radius 1 is 1.43 bits per heavy atom. The van der Waals surface area contributed by atoms with Gasteiger partial charge in [-0.1, -0.05) is 0 Å². The third kappa shape index (κ3) is 2.16. The maximum absolute atomic E-state index is 9.32. The molecule has 0 fully saturated rings. The van der Waals surface area contributed by atoms with E-state index in [9.17, 15) is 10.2 Å². The molecule has 1 rings (SSSR count). The average Bonchev–Trinajstić information content (AvgIpc) is 2.16. The normalized spacial score (nSPS) is 14.9. The smallest absolute Gasteiger partial charge is 0.123 e. The van der Waals surface area contributed by atoms with Gasteiger partial charge in [-0.15, -0.1) is 0 Å². The second kappa shape index (κ2) is 4.30. The van der Waals surface area contributed by atoms with Crippen molar-refractivity contribution in [3.05, 3.63) is 23.8 Å². The molecule has 0 aliphatic carbocycles. The second-order valence-electron chi connectivity index (χ2n) is 3.19. The Balaban J connectivity index is 3.10. The quantitative estimate of drug-likeness (QED) is 0.669. The zero-order valence-electron chi connectivity index (χ0n) is 8.27. The number of benzene rings is 1. The van der Waals surface area contributed by atoms with Gasteiger partial charge in [0.2, 0.25) is 0 Å². The fraction of sp³-hybridized carbons (Fsp3) is 0.400. The van der Waals surface area contributed by atoms with Crippen LogP contribution in [-0.4, -0.2) is 23.4 Å². The van der Waals surface area contributed by atoms with Crippen LogP contribution >= 0.6 is 0 Å². The zero-order chi connectivity index (χ0) is 10.7. The van der Waals surface area contributed by atoms with Gasteiger partial charge in [-0.2, -0.15) is 0 Å². The SMILES string of the molecule is COc1ccc(O)cc1C(N)C(C)O. The van der Waals surface area contributed by atoms with Crippen molar-refractivity contribution in [1.29, 1.82) is 0 Å². The van der Waals surface area contributed by atoms with Crippen LogP contribution in [0.5, 0.6) is 11.5 Å². The van der Waals surface area contributed by atoms with Gasteiger partial charge in [0, 0.05) is 5.56 Å². The Labute approximate surface area is 82.9 Å². The third-order valence-corrected chi connectivity index (χ3v) is 2.09. The van der Waals surface area contributed by atoms with Crippen molar-refractivity contribution in [2.75, 3.05) is 7.11 Å². The molecule has 0 amide bonds. The molecule has 4 N–H and O–H groups in total. The molecule has 78 valence electrons. The van der Waals surface area contributed by atoms with Crippen LogP contribution in [0.1, 0.15) is 18.5 Å². The van der Waals surface area contributed by atoms with Gasteiger partial charge < -0.3 is 20.7 Å². The number of phenolic OH excluding ortho intramolecular Hbond substituents is 1. The average molecular weight is 197 g/mol. The summed E-state index contributed by atoms with van der Waals surface area (Å²) in [5.74, 6) is 0.674. The van der Waals surface area contributed by atoms with Crippen LogP contribution in [0.15, 0.2) is 18.2 Å². The molecule has 0 aromatic heterocycles. The Morgan fingerprint density at radius 3 is 2.57 bits per heavy atom. The fourth-order valence-corrected chi connectivity index (χ4v) is 1.24. The van der Waals surface area contributed by atoms with Crippen molar-refractivity contribution in [1.82, 2.24) is 0 Å². The summed E-state index contributed by atoms with van der Waals surface area (Å²) < 4.78 is 5.07. The number of phenols is 1. The Morgan fingerprint density at radius 2 is 2.07 bits per heavy atom. The number of rotatable bonds is 3. The van der Waals surface area contributed by atoms with Gasteiger partial charge in [-0.3, -0.25) is 0 Å². The van der Waals surface area contributed by atoms with Crippen molar-refractivity contribution in [3.63, 3.8) is 0 Å².